The molecule has 0 amide bonds. The number of aryl methyl sites for hydroxylation is 2. The maximum Gasteiger partial charge on any atom is 0.109 e. The summed E-state index contributed by atoms with van der Waals surface area (Å²) in [5.41, 5.74) is 0.823. The Hall–Kier alpha value is -0.930. The van der Waals surface area contributed by atoms with Crippen molar-refractivity contribution in [2.75, 3.05) is 6.67 Å². The summed E-state index contributed by atoms with van der Waals surface area (Å²) < 4.78 is 13.1. The largest absolute Gasteiger partial charge is 0.250 e. The second-order valence-electron chi connectivity index (χ2n) is 1.81. The van der Waals surface area contributed by atoms with Gasteiger partial charge in [0.05, 0.1) is 12.2 Å². The lowest BCUT2D eigenvalue weighted by molar-refractivity contribution is 0.422. The van der Waals surface area contributed by atoms with Crippen molar-refractivity contribution in [2.45, 2.75) is 13.5 Å². The molecule has 1 heterocycles. The van der Waals surface area contributed by atoms with Gasteiger partial charge < -0.3 is 0 Å². The van der Waals surface area contributed by atoms with Crippen LogP contribution >= 0.6 is 0 Å². The fraction of sp³-hybridized carbons (Fsp3) is 0.600. The topological polar surface area (TPSA) is 30.7 Å². The molecular formula is C5H8FN3. The lowest BCUT2D eigenvalue weighted by Crippen LogP contribution is -1.99. The highest BCUT2D eigenvalue weighted by atomic mass is 19.1. The summed E-state index contributed by atoms with van der Waals surface area (Å²) in [6.45, 7) is 1.74. The highest BCUT2D eigenvalue weighted by molar-refractivity contribution is 4.86. The molecule has 1 aromatic heterocycles. The summed E-state index contributed by atoms with van der Waals surface area (Å²) in [6, 6.07) is 0. The Morgan fingerprint density at radius 1 is 1.78 bits per heavy atom. The van der Waals surface area contributed by atoms with Crippen molar-refractivity contribution in [1.29, 1.82) is 0 Å². The van der Waals surface area contributed by atoms with Crippen LogP contribution in [0.4, 0.5) is 4.39 Å². The van der Waals surface area contributed by atoms with Crippen LogP contribution in [0.25, 0.3) is 0 Å². The van der Waals surface area contributed by atoms with Crippen LogP contribution < -0.4 is 0 Å². The molecular weight excluding hydrogens is 121 g/mol. The predicted octanol–water partition coefficient (Wildman–Crippen LogP) is 0.556. The lowest BCUT2D eigenvalue weighted by atomic mass is 10.5. The minimum Gasteiger partial charge on any atom is -0.250 e. The third kappa shape index (κ3) is 1.48. The van der Waals surface area contributed by atoms with Gasteiger partial charge in [0.25, 0.3) is 0 Å². The van der Waals surface area contributed by atoms with Crippen molar-refractivity contribution < 1.29 is 4.39 Å². The third-order valence-corrected chi connectivity index (χ3v) is 0.967. The average molecular weight is 129 g/mol. The molecule has 0 saturated heterocycles. The zero-order valence-corrected chi connectivity index (χ0v) is 5.21. The van der Waals surface area contributed by atoms with Gasteiger partial charge in [0.15, 0.2) is 0 Å². The number of nitrogens with zero attached hydrogens (tertiary/aromatic N) is 3. The van der Waals surface area contributed by atoms with Gasteiger partial charge in [-0.25, -0.2) is 9.07 Å². The van der Waals surface area contributed by atoms with E-state index in [1.54, 1.807) is 6.20 Å². The van der Waals surface area contributed by atoms with Crippen LogP contribution in [0.15, 0.2) is 6.20 Å². The normalized spacial score (nSPS) is 10.0. The monoisotopic (exact) mass is 129 g/mol. The van der Waals surface area contributed by atoms with E-state index in [0.717, 1.165) is 5.69 Å². The summed E-state index contributed by atoms with van der Waals surface area (Å²) in [5, 5.41) is 7.31. The van der Waals surface area contributed by atoms with Gasteiger partial charge >= 0.3 is 0 Å². The van der Waals surface area contributed by atoms with Gasteiger partial charge in [-0.05, 0) is 6.92 Å². The summed E-state index contributed by atoms with van der Waals surface area (Å²) in [4.78, 5) is 0. The molecule has 0 radical (unpaired) electrons. The van der Waals surface area contributed by atoms with Crippen LogP contribution in [-0.4, -0.2) is 21.7 Å². The smallest absolute Gasteiger partial charge is 0.109 e. The number of rotatable bonds is 2. The molecule has 0 spiro atoms. The fourth-order valence-corrected chi connectivity index (χ4v) is 0.591. The third-order valence-electron chi connectivity index (χ3n) is 0.967. The average Bonchev–Trinajstić information content (AvgIpc) is 2.17. The van der Waals surface area contributed by atoms with E-state index in [9.17, 15) is 4.39 Å². The predicted molar refractivity (Wildman–Crippen MR) is 30.7 cm³/mol. The molecule has 0 fully saturated rings. The number of halogens is 1. The van der Waals surface area contributed by atoms with Gasteiger partial charge in [0.1, 0.15) is 6.67 Å². The highest BCUT2D eigenvalue weighted by Crippen LogP contribution is 1.88. The summed E-state index contributed by atoms with van der Waals surface area (Å²) in [7, 11) is 0. The van der Waals surface area contributed by atoms with E-state index < -0.39 is 0 Å². The first-order chi connectivity index (χ1) is 4.33. The first kappa shape index (κ1) is 6.19. The number of hydrogen-bond acceptors (Lipinski definition) is 2. The van der Waals surface area contributed by atoms with Gasteiger partial charge in [-0.2, -0.15) is 0 Å². The molecule has 0 aliphatic heterocycles. The first-order valence-corrected chi connectivity index (χ1v) is 2.75. The molecule has 1 rings (SSSR count). The molecule has 9 heavy (non-hydrogen) atoms. The van der Waals surface area contributed by atoms with Crippen LogP contribution in [0.5, 0.6) is 0 Å². The zero-order chi connectivity index (χ0) is 6.69. The van der Waals surface area contributed by atoms with Crippen LogP contribution in [-0.2, 0) is 6.54 Å². The van der Waals surface area contributed by atoms with Crippen molar-refractivity contribution >= 4 is 0 Å². The standard InChI is InChI=1S/C5H8FN3/c1-5-4-9(3-2-6)8-7-5/h4H,2-3H2,1H3. The van der Waals surface area contributed by atoms with Crippen LogP contribution in [0, 0.1) is 6.92 Å². The van der Waals surface area contributed by atoms with Crippen molar-refractivity contribution in [3.63, 3.8) is 0 Å². The molecule has 0 saturated carbocycles. The van der Waals surface area contributed by atoms with Crippen molar-refractivity contribution in [2.24, 2.45) is 0 Å². The molecule has 4 heteroatoms. The first-order valence-electron chi connectivity index (χ1n) is 2.75. The van der Waals surface area contributed by atoms with E-state index in [1.165, 1.54) is 4.68 Å². The Kier molecular flexibility index (Phi) is 1.77. The Labute approximate surface area is 52.5 Å². The van der Waals surface area contributed by atoms with Gasteiger partial charge in [-0.3, -0.25) is 0 Å². The zero-order valence-electron chi connectivity index (χ0n) is 5.21. The van der Waals surface area contributed by atoms with Crippen molar-refractivity contribution in [1.82, 2.24) is 15.0 Å². The fourth-order valence-electron chi connectivity index (χ4n) is 0.591. The second-order valence-corrected chi connectivity index (χ2v) is 1.81. The Balaban J connectivity index is 2.61. The SMILES string of the molecule is Cc1cn(CCF)nn1. The molecule has 0 atom stereocenters. The number of aromatic nitrogens is 3. The number of alkyl halides is 1. The minimum atomic E-state index is -0.386. The van der Waals surface area contributed by atoms with Crippen molar-refractivity contribution in [3.8, 4) is 0 Å². The second kappa shape index (κ2) is 2.57. The molecule has 0 aliphatic carbocycles. The van der Waals surface area contributed by atoms with Gasteiger partial charge in [0, 0.05) is 6.20 Å². The number of hydrogen-bond donors (Lipinski definition) is 0. The van der Waals surface area contributed by atoms with E-state index in [4.69, 9.17) is 0 Å². The molecule has 1 aromatic rings. The molecule has 50 valence electrons. The van der Waals surface area contributed by atoms with Gasteiger partial charge in [0.2, 0.25) is 0 Å². The molecule has 0 aromatic carbocycles. The Morgan fingerprint density at radius 3 is 3.00 bits per heavy atom. The molecule has 0 unspecified atom stereocenters. The molecule has 3 nitrogen and oxygen atoms in total. The molecule has 0 bridgehead atoms. The van der Waals surface area contributed by atoms with Crippen molar-refractivity contribution in [3.05, 3.63) is 11.9 Å². The quantitative estimate of drug-likeness (QED) is 0.584. The van der Waals surface area contributed by atoms with E-state index in [1.807, 2.05) is 6.92 Å². The Morgan fingerprint density at radius 2 is 2.56 bits per heavy atom. The van der Waals surface area contributed by atoms with E-state index in [0.29, 0.717) is 6.54 Å². The van der Waals surface area contributed by atoms with E-state index >= 15 is 0 Å². The Bertz CT molecular complexity index is 184. The summed E-state index contributed by atoms with van der Waals surface area (Å²) in [6.07, 6.45) is 1.71. The lowest BCUT2D eigenvalue weighted by Gasteiger charge is -1.89. The van der Waals surface area contributed by atoms with Crippen LogP contribution in [0.1, 0.15) is 5.69 Å². The van der Waals surface area contributed by atoms with Gasteiger partial charge in [-0.15, -0.1) is 5.10 Å². The van der Waals surface area contributed by atoms with E-state index in [2.05, 4.69) is 10.3 Å². The minimum absolute atomic E-state index is 0.306. The summed E-state index contributed by atoms with van der Waals surface area (Å²) >= 11 is 0. The maximum atomic E-state index is 11.6. The molecule has 0 N–H and O–H groups in total. The van der Waals surface area contributed by atoms with Crippen LogP contribution in [0.3, 0.4) is 0 Å². The van der Waals surface area contributed by atoms with Gasteiger partial charge in [-0.1, -0.05) is 5.21 Å². The maximum absolute atomic E-state index is 11.6. The van der Waals surface area contributed by atoms with E-state index in [-0.39, 0.29) is 6.67 Å². The molecule has 0 aliphatic rings. The summed E-state index contributed by atoms with van der Waals surface area (Å²) in [5.74, 6) is 0. The highest BCUT2D eigenvalue weighted by Gasteiger charge is 1.91. The van der Waals surface area contributed by atoms with Crippen LogP contribution in [0.2, 0.25) is 0 Å².